The lowest BCUT2D eigenvalue weighted by atomic mass is 10.2. The Morgan fingerprint density at radius 1 is 1.00 bits per heavy atom. The third-order valence-corrected chi connectivity index (χ3v) is 4.93. The van der Waals surface area contributed by atoms with Crippen LogP contribution in [-0.4, -0.2) is 60.5 Å². The number of para-hydroxylation sites is 2. The molecule has 3 heterocycles. The summed E-state index contributed by atoms with van der Waals surface area (Å²) in [6, 6.07) is 9.09. The average Bonchev–Trinajstić information content (AvgIpc) is 3.04. The number of hydrogen-bond acceptors (Lipinski definition) is 5. The van der Waals surface area contributed by atoms with Gasteiger partial charge in [-0.3, -0.25) is 9.59 Å². The van der Waals surface area contributed by atoms with E-state index in [2.05, 4.69) is 0 Å². The van der Waals surface area contributed by atoms with Gasteiger partial charge in [-0.25, -0.2) is 0 Å². The molecule has 2 aliphatic heterocycles. The predicted octanol–water partition coefficient (Wildman–Crippen LogP) is 2.02. The Morgan fingerprint density at radius 2 is 1.67 bits per heavy atom. The Kier molecular flexibility index (Phi) is 4.51. The van der Waals surface area contributed by atoms with Crippen molar-refractivity contribution in [1.29, 1.82) is 0 Å². The van der Waals surface area contributed by atoms with Gasteiger partial charge in [-0.2, -0.15) is 0 Å². The fourth-order valence-corrected chi connectivity index (χ4v) is 3.49. The highest BCUT2D eigenvalue weighted by molar-refractivity contribution is 5.95. The lowest BCUT2D eigenvalue weighted by Gasteiger charge is -2.37. The monoisotopic (exact) mass is 370 g/mol. The van der Waals surface area contributed by atoms with Crippen molar-refractivity contribution in [2.75, 3.05) is 32.8 Å². The number of benzene rings is 1. The van der Waals surface area contributed by atoms with Crippen molar-refractivity contribution >= 4 is 11.8 Å². The van der Waals surface area contributed by atoms with Gasteiger partial charge in [0.25, 0.3) is 11.8 Å². The van der Waals surface area contributed by atoms with Crippen LogP contribution in [0.5, 0.6) is 11.5 Å². The first-order valence-corrected chi connectivity index (χ1v) is 9.06. The molecule has 1 fully saturated rings. The first-order valence-electron chi connectivity index (χ1n) is 9.06. The van der Waals surface area contributed by atoms with E-state index in [1.165, 1.54) is 0 Å². The van der Waals surface area contributed by atoms with E-state index in [1.54, 1.807) is 28.9 Å². The number of carbonyl (C=O) groups is 2. The third kappa shape index (κ3) is 3.37. The number of rotatable bonds is 2. The maximum atomic E-state index is 12.8. The largest absolute Gasteiger partial charge is 0.485 e. The van der Waals surface area contributed by atoms with Gasteiger partial charge in [-0.05, 0) is 32.0 Å². The van der Waals surface area contributed by atoms with Crippen LogP contribution in [-0.2, 0) is 4.79 Å². The molecule has 1 unspecified atom stereocenters. The summed E-state index contributed by atoms with van der Waals surface area (Å²) in [7, 11) is 0. The molecule has 0 spiro atoms. The first kappa shape index (κ1) is 17.5. The van der Waals surface area contributed by atoms with Gasteiger partial charge >= 0.3 is 0 Å². The SMILES string of the molecule is Cc1cc(C(=O)N2CCN(C(=O)C3COc4ccccc4O3)CC2)c(C)o1. The number of hydrogen-bond donors (Lipinski definition) is 0. The molecule has 1 aromatic carbocycles. The highest BCUT2D eigenvalue weighted by Gasteiger charge is 2.34. The summed E-state index contributed by atoms with van der Waals surface area (Å²) in [5.41, 5.74) is 0.591. The summed E-state index contributed by atoms with van der Waals surface area (Å²) in [4.78, 5) is 28.9. The number of furan rings is 1. The molecule has 4 rings (SSSR count). The van der Waals surface area contributed by atoms with Crippen LogP contribution < -0.4 is 9.47 Å². The summed E-state index contributed by atoms with van der Waals surface area (Å²) in [5.74, 6) is 2.43. The molecule has 0 aliphatic carbocycles. The molecule has 0 bridgehead atoms. The summed E-state index contributed by atoms with van der Waals surface area (Å²) < 4.78 is 16.9. The maximum Gasteiger partial charge on any atom is 0.267 e. The van der Waals surface area contributed by atoms with Gasteiger partial charge in [0.15, 0.2) is 11.5 Å². The Morgan fingerprint density at radius 3 is 2.33 bits per heavy atom. The van der Waals surface area contributed by atoms with E-state index in [4.69, 9.17) is 13.9 Å². The summed E-state index contributed by atoms with van der Waals surface area (Å²) in [6.45, 7) is 5.73. The van der Waals surface area contributed by atoms with E-state index in [9.17, 15) is 9.59 Å². The molecule has 0 radical (unpaired) electrons. The van der Waals surface area contributed by atoms with Gasteiger partial charge in [0.2, 0.25) is 6.10 Å². The number of aryl methyl sites for hydroxylation is 2. The number of piperazine rings is 1. The van der Waals surface area contributed by atoms with Crippen LogP contribution >= 0.6 is 0 Å². The molecular formula is C20H22N2O5. The predicted molar refractivity (Wildman–Crippen MR) is 97.0 cm³/mol. The van der Waals surface area contributed by atoms with Crippen LogP contribution in [0, 0.1) is 13.8 Å². The minimum absolute atomic E-state index is 0.0531. The van der Waals surface area contributed by atoms with Crippen LogP contribution in [0.1, 0.15) is 21.9 Å². The maximum absolute atomic E-state index is 12.8. The van der Waals surface area contributed by atoms with Crippen molar-refractivity contribution < 1.29 is 23.5 Å². The Bertz CT molecular complexity index is 867. The first-order chi connectivity index (χ1) is 13.0. The smallest absolute Gasteiger partial charge is 0.267 e. The zero-order chi connectivity index (χ0) is 19.0. The molecule has 0 N–H and O–H groups in total. The molecule has 2 amide bonds. The molecule has 1 saturated heterocycles. The number of fused-ring (bicyclic) bond motifs is 1. The van der Waals surface area contributed by atoms with Gasteiger partial charge in [-0.15, -0.1) is 0 Å². The second-order valence-corrected chi connectivity index (χ2v) is 6.81. The second-order valence-electron chi connectivity index (χ2n) is 6.81. The second kappa shape index (κ2) is 6.98. The van der Waals surface area contributed by atoms with E-state index in [-0.39, 0.29) is 18.4 Å². The molecule has 2 aliphatic rings. The topological polar surface area (TPSA) is 72.2 Å². The van der Waals surface area contributed by atoms with Crippen molar-refractivity contribution in [3.63, 3.8) is 0 Å². The Balaban J connectivity index is 1.36. The van der Waals surface area contributed by atoms with Crippen LogP contribution in [0.2, 0.25) is 0 Å². The highest BCUT2D eigenvalue weighted by atomic mass is 16.6. The molecule has 27 heavy (non-hydrogen) atoms. The van der Waals surface area contributed by atoms with Crippen LogP contribution in [0.3, 0.4) is 0 Å². The lowest BCUT2D eigenvalue weighted by molar-refractivity contribution is -0.142. The van der Waals surface area contributed by atoms with Crippen molar-refractivity contribution in [3.8, 4) is 11.5 Å². The fourth-order valence-electron chi connectivity index (χ4n) is 3.49. The highest BCUT2D eigenvalue weighted by Crippen LogP contribution is 2.31. The lowest BCUT2D eigenvalue weighted by Crippen LogP contribution is -2.55. The van der Waals surface area contributed by atoms with Crippen molar-refractivity contribution in [3.05, 3.63) is 47.4 Å². The summed E-state index contributed by atoms with van der Waals surface area (Å²) in [5, 5.41) is 0. The number of carbonyl (C=O) groups excluding carboxylic acids is 2. The van der Waals surface area contributed by atoms with Crippen LogP contribution in [0.4, 0.5) is 0 Å². The molecule has 0 saturated carbocycles. The van der Waals surface area contributed by atoms with Gasteiger partial charge in [0, 0.05) is 26.2 Å². The number of nitrogens with zero attached hydrogens (tertiary/aromatic N) is 2. The Hall–Kier alpha value is -2.96. The molecule has 7 heteroatoms. The van der Waals surface area contributed by atoms with Gasteiger partial charge in [-0.1, -0.05) is 12.1 Å². The molecule has 142 valence electrons. The minimum Gasteiger partial charge on any atom is -0.485 e. The zero-order valence-corrected chi connectivity index (χ0v) is 15.4. The number of ether oxygens (including phenoxy) is 2. The van der Waals surface area contributed by atoms with E-state index in [1.807, 2.05) is 25.1 Å². The van der Waals surface area contributed by atoms with Crippen molar-refractivity contribution in [2.24, 2.45) is 0 Å². The van der Waals surface area contributed by atoms with Crippen LogP contribution in [0.15, 0.2) is 34.7 Å². The van der Waals surface area contributed by atoms with E-state index < -0.39 is 6.10 Å². The van der Waals surface area contributed by atoms with E-state index in [0.717, 1.165) is 5.76 Å². The van der Waals surface area contributed by atoms with Gasteiger partial charge in [0.05, 0.1) is 5.56 Å². The third-order valence-electron chi connectivity index (χ3n) is 4.93. The molecule has 1 atom stereocenters. The number of amides is 2. The summed E-state index contributed by atoms with van der Waals surface area (Å²) >= 11 is 0. The molecule has 1 aromatic heterocycles. The molecular weight excluding hydrogens is 348 g/mol. The standard InChI is InChI=1S/C20H22N2O5/c1-13-11-15(14(2)26-13)19(23)21-7-9-22(10-8-21)20(24)18-12-25-16-5-3-4-6-17(16)27-18/h3-6,11,18H,7-10,12H2,1-2H3. The van der Waals surface area contributed by atoms with Gasteiger partial charge in [0.1, 0.15) is 18.1 Å². The van der Waals surface area contributed by atoms with Crippen molar-refractivity contribution in [1.82, 2.24) is 9.80 Å². The zero-order valence-electron chi connectivity index (χ0n) is 15.4. The molecule has 2 aromatic rings. The normalized spacial score (nSPS) is 19.1. The van der Waals surface area contributed by atoms with E-state index >= 15 is 0 Å². The minimum atomic E-state index is -0.652. The summed E-state index contributed by atoms with van der Waals surface area (Å²) in [6.07, 6.45) is -0.652. The van der Waals surface area contributed by atoms with Crippen molar-refractivity contribution in [2.45, 2.75) is 20.0 Å². The quantitative estimate of drug-likeness (QED) is 0.809. The Labute approximate surface area is 157 Å². The van der Waals surface area contributed by atoms with Crippen LogP contribution in [0.25, 0.3) is 0 Å². The fraction of sp³-hybridized carbons (Fsp3) is 0.400. The average molecular weight is 370 g/mol. The van der Waals surface area contributed by atoms with Gasteiger partial charge < -0.3 is 23.7 Å². The molecule has 7 nitrogen and oxygen atoms in total. The van der Waals surface area contributed by atoms with E-state index in [0.29, 0.717) is 49.0 Å².